The average Bonchev–Trinajstić information content (AvgIpc) is 2.82. The van der Waals surface area contributed by atoms with Crippen molar-refractivity contribution in [2.24, 2.45) is 0 Å². The lowest BCUT2D eigenvalue weighted by molar-refractivity contribution is -0.116. The van der Waals surface area contributed by atoms with Gasteiger partial charge in [0.25, 0.3) is 0 Å². The molecule has 0 atom stereocenters. The summed E-state index contributed by atoms with van der Waals surface area (Å²) in [5.41, 5.74) is 4.46. The zero-order valence-corrected chi connectivity index (χ0v) is 14.5. The average molecular weight is 336 g/mol. The van der Waals surface area contributed by atoms with Crippen LogP contribution >= 0.6 is 0 Å². The van der Waals surface area contributed by atoms with E-state index in [0.29, 0.717) is 11.1 Å². The van der Waals surface area contributed by atoms with Gasteiger partial charge in [0, 0.05) is 22.3 Å². The van der Waals surface area contributed by atoms with Crippen LogP contribution in [0.1, 0.15) is 27.2 Å². The standard InChI is InChI=1S/C20H20N2O3/c1-12-8-9-16(13(2)10-12)21-18(23)11-22-14(3)19(20(24)25)15-6-4-5-7-17(15)22/h4-10H,11H2,1-3H3,(H,21,23)(H,24,25). The second-order valence-electron chi connectivity index (χ2n) is 6.24. The molecule has 1 aromatic heterocycles. The number of fused-ring (bicyclic) bond motifs is 1. The molecule has 0 saturated heterocycles. The van der Waals surface area contributed by atoms with Crippen LogP contribution in [0, 0.1) is 20.8 Å². The van der Waals surface area contributed by atoms with Crippen LogP contribution in [0.3, 0.4) is 0 Å². The van der Waals surface area contributed by atoms with Crippen LogP contribution in [0.15, 0.2) is 42.5 Å². The lowest BCUT2D eigenvalue weighted by Crippen LogP contribution is -2.20. The molecule has 0 spiro atoms. The molecule has 0 aliphatic rings. The number of carbonyl (C=O) groups excluding carboxylic acids is 1. The van der Waals surface area contributed by atoms with Gasteiger partial charge in [-0.05, 0) is 38.5 Å². The van der Waals surface area contributed by atoms with Gasteiger partial charge in [0.2, 0.25) is 5.91 Å². The Morgan fingerprint density at radius 1 is 1.08 bits per heavy atom. The zero-order chi connectivity index (χ0) is 18.1. The third-order valence-corrected chi connectivity index (χ3v) is 4.40. The van der Waals surface area contributed by atoms with Crippen molar-refractivity contribution in [3.63, 3.8) is 0 Å². The van der Waals surface area contributed by atoms with E-state index in [4.69, 9.17) is 0 Å². The predicted molar refractivity (Wildman–Crippen MR) is 98.2 cm³/mol. The molecule has 0 unspecified atom stereocenters. The Morgan fingerprint density at radius 3 is 2.48 bits per heavy atom. The number of carbonyl (C=O) groups is 2. The minimum absolute atomic E-state index is 0.0624. The van der Waals surface area contributed by atoms with Gasteiger partial charge in [-0.3, -0.25) is 4.79 Å². The minimum Gasteiger partial charge on any atom is -0.478 e. The number of nitrogens with one attached hydrogen (secondary N) is 1. The fraction of sp³-hybridized carbons (Fsp3) is 0.200. The highest BCUT2D eigenvalue weighted by Gasteiger charge is 2.20. The molecule has 25 heavy (non-hydrogen) atoms. The number of para-hydroxylation sites is 1. The Kier molecular flexibility index (Phi) is 4.31. The number of carboxylic acids is 1. The number of aryl methyl sites for hydroxylation is 2. The van der Waals surface area contributed by atoms with Crippen molar-refractivity contribution >= 4 is 28.5 Å². The summed E-state index contributed by atoms with van der Waals surface area (Å²) < 4.78 is 1.75. The van der Waals surface area contributed by atoms with E-state index in [0.717, 1.165) is 22.3 Å². The molecule has 1 heterocycles. The molecule has 2 aromatic carbocycles. The molecular formula is C20H20N2O3. The third kappa shape index (κ3) is 3.13. The molecule has 5 nitrogen and oxygen atoms in total. The van der Waals surface area contributed by atoms with E-state index in [2.05, 4.69) is 5.32 Å². The largest absolute Gasteiger partial charge is 0.478 e. The SMILES string of the molecule is Cc1ccc(NC(=O)Cn2c(C)c(C(=O)O)c3ccccc32)c(C)c1. The normalized spacial score (nSPS) is 10.8. The van der Waals surface area contributed by atoms with E-state index in [1.165, 1.54) is 0 Å². The van der Waals surface area contributed by atoms with Crippen molar-refractivity contribution in [1.82, 2.24) is 4.57 Å². The number of nitrogens with zero attached hydrogens (tertiary/aromatic N) is 1. The van der Waals surface area contributed by atoms with Gasteiger partial charge >= 0.3 is 5.97 Å². The van der Waals surface area contributed by atoms with Crippen molar-refractivity contribution in [3.05, 3.63) is 64.8 Å². The molecule has 5 heteroatoms. The molecule has 0 saturated carbocycles. The molecule has 3 aromatic rings. The summed E-state index contributed by atoms with van der Waals surface area (Å²) in [4.78, 5) is 24.1. The lowest BCUT2D eigenvalue weighted by atomic mass is 10.1. The highest BCUT2D eigenvalue weighted by atomic mass is 16.4. The predicted octanol–water partition coefficient (Wildman–Crippen LogP) is 3.90. The molecule has 128 valence electrons. The first-order valence-corrected chi connectivity index (χ1v) is 8.06. The fourth-order valence-corrected chi connectivity index (χ4v) is 3.19. The Morgan fingerprint density at radius 2 is 1.80 bits per heavy atom. The summed E-state index contributed by atoms with van der Waals surface area (Å²) in [6, 6.07) is 13.1. The highest BCUT2D eigenvalue weighted by molar-refractivity contribution is 6.05. The quantitative estimate of drug-likeness (QED) is 0.759. The molecular weight excluding hydrogens is 316 g/mol. The monoisotopic (exact) mass is 336 g/mol. The van der Waals surface area contributed by atoms with Crippen LogP contribution in [-0.2, 0) is 11.3 Å². The van der Waals surface area contributed by atoms with Crippen molar-refractivity contribution in [2.45, 2.75) is 27.3 Å². The van der Waals surface area contributed by atoms with Crippen LogP contribution in [0.4, 0.5) is 5.69 Å². The van der Waals surface area contributed by atoms with E-state index in [1.54, 1.807) is 23.6 Å². The second kappa shape index (κ2) is 6.43. The van der Waals surface area contributed by atoms with Crippen LogP contribution in [0.2, 0.25) is 0 Å². The molecule has 1 amide bonds. The topological polar surface area (TPSA) is 71.3 Å². The summed E-state index contributed by atoms with van der Waals surface area (Å²) in [6.45, 7) is 5.74. The molecule has 0 fully saturated rings. The molecule has 0 bridgehead atoms. The van der Waals surface area contributed by atoms with Crippen LogP contribution in [-0.4, -0.2) is 21.6 Å². The van der Waals surface area contributed by atoms with Crippen molar-refractivity contribution in [3.8, 4) is 0 Å². The maximum absolute atomic E-state index is 12.5. The van der Waals surface area contributed by atoms with E-state index >= 15 is 0 Å². The van der Waals surface area contributed by atoms with Gasteiger partial charge in [0.15, 0.2) is 0 Å². The lowest BCUT2D eigenvalue weighted by Gasteiger charge is -2.11. The van der Waals surface area contributed by atoms with Crippen LogP contribution in [0.5, 0.6) is 0 Å². The zero-order valence-electron chi connectivity index (χ0n) is 14.5. The minimum atomic E-state index is -0.984. The number of aromatic nitrogens is 1. The number of rotatable bonds is 4. The summed E-state index contributed by atoms with van der Waals surface area (Å²) in [5, 5.41) is 13.0. The molecule has 0 aliphatic carbocycles. The van der Waals surface area contributed by atoms with Crippen LogP contribution in [0.25, 0.3) is 10.9 Å². The van der Waals surface area contributed by atoms with Gasteiger partial charge in [-0.1, -0.05) is 35.9 Å². The summed E-state index contributed by atoms with van der Waals surface area (Å²) in [6.07, 6.45) is 0. The summed E-state index contributed by atoms with van der Waals surface area (Å²) in [5.74, 6) is -1.17. The number of carboxylic acid groups (broad SMARTS) is 1. The van der Waals surface area contributed by atoms with E-state index in [1.807, 2.05) is 44.2 Å². The number of anilines is 1. The maximum Gasteiger partial charge on any atom is 0.338 e. The number of hydrogen-bond donors (Lipinski definition) is 2. The van der Waals surface area contributed by atoms with Gasteiger partial charge in [-0.15, -0.1) is 0 Å². The fourth-order valence-electron chi connectivity index (χ4n) is 3.19. The van der Waals surface area contributed by atoms with Crippen molar-refractivity contribution in [1.29, 1.82) is 0 Å². The smallest absolute Gasteiger partial charge is 0.338 e. The highest BCUT2D eigenvalue weighted by Crippen LogP contribution is 2.26. The second-order valence-corrected chi connectivity index (χ2v) is 6.24. The first-order chi connectivity index (χ1) is 11.9. The molecule has 0 radical (unpaired) electrons. The molecule has 2 N–H and O–H groups in total. The Balaban J connectivity index is 1.94. The van der Waals surface area contributed by atoms with Crippen LogP contribution < -0.4 is 5.32 Å². The Hall–Kier alpha value is -3.08. The van der Waals surface area contributed by atoms with Crippen molar-refractivity contribution in [2.75, 3.05) is 5.32 Å². The molecule has 0 aliphatic heterocycles. The maximum atomic E-state index is 12.5. The Labute approximate surface area is 145 Å². The van der Waals surface area contributed by atoms with Gasteiger partial charge in [0.05, 0.1) is 5.56 Å². The van der Waals surface area contributed by atoms with E-state index in [-0.39, 0.29) is 18.0 Å². The van der Waals surface area contributed by atoms with Gasteiger partial charge in [0.1, 0.15) is 6.54 Å². The van der Waals surface area contributed by atoms with Gasteiger partial charge < -0.3 is 15.0 Å². The van der Waals surface area contributed by atoms with E-state index in [9.17, 15) is 14.7 Å². The first-order valence-electron chi connectivity index (χ1n) is 8.06. The number of amides is 1. The Bertz CT molecular complexity index is 986. The summed E-state index contributed by atoms with van der Waals surface area (Å²) in [7, 11) is 0. The number of benzene rings is 2. The van der Waals surface area contributed by atoms with Crippen molar-refractivity contribution < 1.29 is 14.7 Å². The summed E-state index contributed by atoms with van der Waals surface area (Å²) >= 11 is 0. The van der Waals surface area contributed by atoms with E-state index < -0.39 is 5.97 Å². The third-order valence-electron chi connectivity index (χ3n) is 4.40. The van der Waals surface area contributed by atoms with Gasteiger partial charge in [-0.25, -0.2) is 4.79 Å². The number of aromatic carboxylic acids is 1. The van der Waals surface area contributed by atoms with Gasteiger partial charge in [-0.2, -0.15) is 0 Å². The number of hydrogen-bond acceptors (Lipinski definition) is 2. The molecule has 3 rings (SSSR count). The first kappa shape index (κ1) is 16.8.